The molecule has 0 atom stereocenters. The number of carbonyl (C=O) groups is 1. The highest BCUT2D eigenvalue weighted by atomic mass is 19.4. The molecule has 1 amide bonds. The summed E-state index contributed by atoms with van der Waals surface area (Å²) in [7, 11) is 0. The van der Waals surface area contributed by atoms with Crippen LogP contribution in [0.4, 0.5) is 13.2 Å². The third-order valence-electron chi connectivity index (χ3n) is 6.54. The van der Waals surface area contributed by atoms with Gasteiger partial charge in [-0.15, -0.1) is 0 Å². The molecule has 1 saturated carbocycles. The number of aromatic nitrogens is 1. The molecule has 0 radical (unpaired) electrons. The SMILES string of the molecule is O=C(NCC1CCCCCC1)c1cn(CCC2(O)COC2)c2cccc(C(F)(F)F)c12. The van der Waals surface area contributed by atoms with Crippen LogP contribution < -0.4 is 5.32 Å². The summed E-state index contributed by atoms with van der Waals surface area (Å²) in [5.74, 6) is -0.106. The maximum atomic E-state index is 13.7. The molecular weight excluding hydrogens is 409 g/mol. The van der Waals surface area contributed by atoms with Crippen LogP contribution in [-0.2, 0) is 17.5 Å². The van der Waals surface area contributed by atoms with Crippen molar-refractivity contribution in [3.8, 4) is 0 Å². The summed E-state index contributed by atoms with van der Waals surface area (Å²) >= 11 is 0. The lowest BCUT2D eigenvalue weighted by atomic mass is 9.98. The molecule has 2 heterocycles. The first-order chi connectivity index (χ1) is 14.8. The van der Waals surface area contributed by atoms with Gasteiger partial charge in [0.25, 0.3) is 5.91 Å². The van der Waals surface area contributed by atoms with Gasteiger partial charge in [0.1, 0.15) is 5.60 Å². The van der Waals surface area contributed by atoms with Gasteiger partial charge in [0.05, 0.1) is 24.3 Å². The summed E-state index contributed by atoms with van der Waals surface area (Å²) in [6.45, 7) is 1.22. The zero-order valence-electron chi connectivity index (χ0n) is 17.5. The first-order valence-corrected chi connectivity index (χ1v) is 11.0. The predicted octanol–water partition coefficient (Wildman–Crippen LogP) is 4.51. The number of rotatable bonds is 6. The summed E-state index contributed by atoms with van der Waals surface area (Å²) in [5, 5.41) is 13.1. The maximum Gasteiger partial charge on any atom is 0.417 e. The van der Waals surface area contributed by atoms with Crippen molar-refractivity contribution in [2.45, 2.75) is 63.3 Å². The summed E-state index contributed by atoms with van der Waals surface area (Å²) in [5.41, 5.74) is -1.39. The molecule has 170 valence electrons. The van der Waals surface area contributed by atoms with Crippen molar-refractivity contribution < 1.29 is 27.8 Å². The van der Waals surface area contributed by atoms with E-state index in [-0.39, 0.29) is 24.2 Å². The Labute approximate surface area is 179 Å². The molecule has 1 saturated heterocycles. The molecule has 0 bridgehead atoms. The van der Waals surface area contributed by atoms with Gasteiger partial charge in [0.15, 0.2) is 0 Å². The number of carbonyl (C=O) groups excluding carboxylic acids is 1. The van der Waals surface area contributed by atoms with Gasteiger partial charge in [-0.05, 0) is 37.3 Å². The van der Waals surface area contributed by atoms with Crippen LogP contribution in [0.2, 0.25) is 0 Å². The van der Waals surface area contributed by atoms with Crippen molar-refractivity contribution in [2.75, 3.05) is 19.8 Å². The molecule has 2 N–H and O–H groups in total. The van der Waals surface area contributed by atoms with Crippen LogP contribution >= 0.6 is 0 Å². The van der Waals surface area contributed by atoms with E-state index in [9.17, 15) is 23.1 Å². The fourth-order valence-corrected chi connectivity index (χ4v) is 4.66. The zero-order chi connectivity index (χ0) is 22.1. The molecule has 2 aliphatic rings. The molecule has 1 aliphatic carbocycles. The molecule has 0 unspecified atom stereocenters. The summed E-state index contributed by atoms with van der Waals surface area (Å²) < 4.78 is 47.9. The van der Waals surface area contributed by atoms with Crippen molar-refractivity contribution in [2.24, 2.45) is 5.92 Å². The van der Waals surface area contributed by atoms with Crippen LogP contribution in [-0.4, -0.2) is 40.9 Å². The molecule has 2 aromatic rings. The van der Waals surface area contributed by atoms with E-state index in [0.29, 0.717) is 30.9 Å². The largest absolute Gasteiger partial charge is 0.417 e. The Bertz CT molecular complexity index is 926. The first kappa shape index (κ1) is 22.1. The monoisotopic (exact) mass is 438 g/mol. The van der Waals surface area contributed by atoms with Crippen molar-refractivity contribution in [1.82, 2.24) is 9.88 Å². The summed E-state index contributed by atoms with van der Waals surface area (Å²) in [4.78, 5) is 13.0. The number of aryl methyl sites for hydroxylation is 1. The normalized spacial score (nSPS) is 19.7. The van der Waals surface area contributed by atoms with Gasteiger partial charge in [-0.3, -0.25) is 4.79 Å². The lowest BCUT2D eigenvalue weighted by Gasteiger charge is -2.36. The van der Waals surface area contributed by atoms with Crippen molar-refractivity contribution in [3.05, 3.63) is 35.5 Å². The van der Waals surface area contributed by atoms with E-state index < -0.39 is 23.2 Å². The fourth-order valence-electron chi connectivity index (χ4n) is 4.66. The second-order valence-corrected chi connectivity index (χ2v) is 8.97. The highest BCUT2D eigenvalue weighted by Gasteiger charge is 2.37. The zero-order valence-corrected chi connectivity index (χ0v) is 17.5. The van der Waals surface area contributed by atoms with E-state index in [2.05, 4.69) is 5.32 Å². The smallest absolute Gasteiger partial charge is 0.385 e. The van der Waals surface area contributed by atoms with E-state index in [1.54, 1.807) is 10.6 Å². The van der Waals surface area contributed by atoms with Crippen molar-refractivity contribution >= 4 is 16.8 Å². The van der Waals surface area contributed by atoms with Gasteiger partial charge in [-0.1, -0.05) is 31.7 Å². The van der Waals surface area contributed by atoms with Crippen LogP contribution in [0.5, 0.6) is 0 Å². The molecule has 5 nitrogen and oxygen atoms in total. The average Bonchev–Trinajstić information content (AvgIpc) is 2.88. The van der Waals surface area contributed by atoms with E-state index in [4.69, 9.17) is 4.74 Å². The van der Waals surface area contributed by atoms with Crippen LogP contribution in [0.15, 0.2) is 24.4 Å². The van der Waals surface area contributed by atoms with Crippen LogP contribution in [0.25, 0.3) is 10.9 Å². The Kier molecular flexibility index (Phi) is 6.30. The predicted molar refractivity (Wildman–Crippen MR) is 111 cm³/mol. The van der Waals surface area contributed by atoms with Gasteiger partial charge in [0, 0.05) is 30.2 Å². The molecule has 1 aromatic heterocycles. The number of nitrogens with zero attached hydrogens (tertiary/aromatic N) is 1. The number of fused-ring (bicyclic) bond motifs is 1. The molecule has 4 rings (SSSR count). The molecule has 8 heteroatoms. The minimum Gasteiger partial charge on any atom is -0.385 e. The molecular formula is C23H29F3N2O3. The second kappa shape index (κ2) is 8.82. The number of nitrogens with one attached hydrogen (secondary N) is 1. The van der Waals surface area contributed by atoms with Gasteiger partial charge in [0.2, 0.25) is 0 Å². The van der Waals surface area contributed by atoms with Gasteiger partial charge < -0.3 is 19.7 Å². The van der Waals surface area contributed by atoms with E-state index in [1.165, 1.54) is 25.1 Å². The average molecular weight is 438 g/mol. The van der Waals surface area contributed by atoms with Crippen molar-refractivity contribution in [1.29, 1.82) is 0 Å². The number of hydrogen-bond acceptors (Lipinski definition) is 3. The number of amides is 1. The Hall–Kier alpha value is -2.06. The Morgan fingerprint density at radius 1 is 1.19 bits per heavy atom. The number of hydrogen-bond donors (Lipinski definition) is 2. The number of benzene rings is 1. The van der Waals surface area contributed by atoms with Crippen LogP contribution in [0.3, 0.4) is 0 Å². The Balaban J connectivity index is 1.61. The summed E-state index contributed by atoms with van der Waals surface area (Å²) in [6, 6.07) is 3.96. The molecule has 0 spiro atoms. The standard InChI is InChI=1S/C23H29F3N2O3/c24-23(25,26)18-8-5-9-19-20(18)17(13-28(19)11-10-22(30)14-31-15-22)21(29)27-12-16-6-3-1-2-4-7-16/h5,8-9,13,16,30H,1-4,6-7,10-12,14-15H2,(H,27,29). The molecule has 1 aliphatic heterocycles. The molecule has 2 fully saturated rings. The Morgan fingerprint density at radius 3 is 2.52 bits per heavy atom. The van der Waals surface area contributed by atoms with Gasteiger partial charge in [-0.25, -0.2) is 0 Å². The summed E-state index contributed by atoms with van der Waals surface area (Å²) in [6.07, 6.45) is 4.00. The third-order valence-corrected chi connectivity index (χ3v) is 6.54. The minimum absolute atomic E-state index is 0.0356. The van der Waals surface area contributed by atoms with E-state index in [1.807, 2.05) is 0 Å². The lowest BCUT2D eigenvalue weighted by Crippen LogP contribution is -2.50. The fraction of sp³-hybridized carbons (Fsp3) is 0.609. The number of aliphatic hydroxyl groups is 1. The topological polar surface area (TPSA) is 63.5 Å². The third kappa shape index (κ3) is 4.90. The van der Waals surface area contributed by atoms with Gasteiger partial charge in [-0.2, -0.15) is 13.2 Å². The number of halogens is 3. The maximum absolute atomic E-state index is 13.7. The van der Waals surface area contributed by atoms with Crippen LogP contribution in [0.1, 0.15) is 60.9 Å². The highest BCUT2D eigenvalue weighted by Crippen LogP contribution is 2.37. The molecule has 1 aromatic carbocycles. The number of alkyl halides is 3. The van der Waals surface area contributed by atoms with Crippen molar-refractivity contribution in [3.63, 3.8) is 0 Å². The van der Waals surface area contributed by atoms with E-state index in [0.717, 1.165) is 31.7 Å². The number of ether oxygens (including phenoxy) is 1. The molecule has 31 heavy (non-hydrogen) atoms. The Morgan fingerprint density at radius 2 is 1.90 bits per heavy atom. The lowest BCUT2D eigenvalue weighted by molar-refractivity contribution is -0.182. The second-order valence-electron chi connectivity index (χ2n) is 8.97. The van der Waals surface area contributed by atoms with Crippen LogP contribution in [0, 0.1) is 5.92 Å². The van der Waals surface area contributed by atoms with Gasteiger partial charge >= 0.3 is 6.18 Å². The quantitative estimate of drug-likeness (QED) is 0.653. The van der Waals surface area contributed by atoms with E-state index >= 15 is 0 Å². The first-order valence-electron chi connectivity index (χ1n) is 11.0. The highest BCUT2D eigenvalue weighted by molar-refractivity contribution is 6.08. The minimum atomic E-state index is -4.57.